The Bertz CT molecular complexity index is 365. The minimum Gasteiger partial charge on any atom is -0.486 e. The molecule has 1 amide bonds. The van der Waals surface area contributed by atoms with E-state index in [2.05, 4.69) is 10.3 Å². The van der Waals surface area contributed by atoms with E-state index in [4.69, 9.17) is 4.74 Å². The lowest BCUT2D eigenvalue weighted by Crippen LogP contribution is -2.29. The minimum absolute atomic E-state index is 0.0463. The molecular formula is C10H12N2O2. The van der Waals surface area contributed by atoms with Crippen LogP contribution in [0.5, 0.6) is 5.75 Å². The highest BCUT2D eigenvalue weighted by Crippen LogP contribution is 2.27. The number of carbonyl (C=O) groups is 1. The van der Waals surface area contributed by atoms with Gasteiger partial charge >= 0.3 is 0 Å². The maximum atomic E-state index is 11.6. The quantitative estimate of drug-likeness (QED) is 0.676. The van der Waals surface area contributed by atoms with Crippen molar-refractivity contribution in [3.8, 4) is 5.75 Å². The molecule has 0 unspecified atom stereocenters. The summed E-state index contributed by atoms with van der Waals surface area (Å²) in [6.07, 6.45) is 1.50. The molecule has 0 bridgehead atoms. The van der Waals surface area contributed by atoms with Crippen molar-refractivity contribution in [2.75, 3.05) is 5.32 Å². The maximum Gasteiger partial charge on any atom is 0.232 e. The summed E-state index contributed by atoms with van der Waals surface area (Å²) in [6, 6.07) is 3.59. The summed E-state index contributed by atoms with van der Waals surface area (Å²) in [5.74, 6) is 0.936. The normalized spacial score (nSPS) is 25.7. The summed E-state index contributed by atoms with van der Waals surface area (Å²) in [4.78, 5) is 15.6. The number of anilines is 1. The van der Waals surface area contributed by atoms with Crippen molar-refractivity contribution in [1.82, 2.24) is 4.98 Å². The topological polar surface area (TPSA) is 51.2 Å². The third-order valence-electron chi connectivity index (χ3n) is 2.44. The van der Waals surface area contributed by atoms with Gasteiger partial charge in [0.05, 0.1) is 5.92 Å². The molecule has 1 N–H and O–H groups in total. The van der Waals surface area contributed by atoms with Crippen LogP contribution in [0.1, 0.15) is 13.8 Å². The molecule has 1 aromatic rings. The van der Waals surface area contributed by atoms with E-state index in [1.165, 1.54) is 0 Å². The largest absolute Gasteiger partial charge is 0.486 e. The van der Waals surface area contributed by atoms with Crippen molar-refractivity contribution in [2.24, 2.45) is 5.92 Å². The molecule has 1 aromatic heterocycles. The second-order valence-corrected chi connectivity index (χ2v) is 3.45. The summed E-state index contributed by atoms with van der Waals surface area (Å²) < 4.78 is 5.59. The third-order valence-corrected chi connectivity index (χ3v) is 2.44. The lowest BCUT2D eigenvalue weighted by atomic mass is 10.1. The van der Waals surface area contributed by atoms with Gasteiger partial charge < -0.3 is 10.1 Å². The Morgan fingerprint density at radius 3 is 3.07 bits per heavy atom. The van der Waals surface area contributed by atoms with Crippen molar-refractivity contribution < 1.29 is 9.53 Å². The van der Waals surface area contributed by atoms with Crippen molar-refractivity contribution >= 4 is 11.7 Å². The monoisotopic (exact) mass is 192 g/mol. The number of pyridine rings is 1. The number of nitrogens with one attached hydrogen (secondary N) is 1. The van der Waals surface area contributed by atoms with Crippen LogP contribution < -0.4 is 10.1 Å². The van der Waals surface area contributed by atoms with Gasteiger partial charge in [-0.25, -0.2) is 4.98 Å². The number of rotatable bonds is 0. The van der Waals surface area contributed by atoms with Crippen molar-refractivity contribution in [2.45, 2.75) is 20.0 Å². The highest BCUT2D eigenvalue weighted by atomic mass is 16.5. The second kappa shape index (κ2) is 3.29. The molecule has 74 valence electrons. The van der Waals surface area contributed by atoms with Gasteiger partial charge in [0, 0.05) is 6.20 Å². The van der Waals surface area contributed by atoms with Gasteiger partial charge in [-0.05, 0) is 19.1 Å². The van der Waals surface area contributed by atoms with E-state index in [-0.39, 0.29) is 17.9 Å². The molecule has 1 aliphatic heterocycles. The van der Waals surface area contributed by atoms with Crippen LogP contribution in [0, 0.1) is 5.92 Å². The molecule has 0 fully saturated rings. The van der Waals surface area contributed by atoms with Crippen LogP contribution in [-0.2, 0) is 4.79 Å². The van der Waals surface area contributed by atoms with Gasteiger partial charge in [-0.15, -0.1) is 0 Å². The number of fused-ring (bicyclic) bond motifs is 1. The summed E-state index contributed by atoms with van der Waals surface area (Å²) >= 11 is 0. The second-order valence-electron chi connectivity index (χ2n) is 3.45. The fourth-order valence-electron chi connectivity index (χ4n) is 1.33. The lowest BCUT2D eigenvalue weighted by molar-refractivity contribution is -0.121. The molecule has 14 heavy (non-hydrogen) atoms. The molecule has 4 heteroatoms. The van der Waals surface area contributed by atoms with Crippen LogP contribution in [0.3, 0.4) is 0 Å². The van der Waals surface area contributed by atoms with Gasteiger partial charge in [0.15, 0.2) is 11.6 Å². The third kappa shape index (κ3) is 1.43. The molecule has 2 heterocycles. The van der Waals surface area contributed by atoms with Gasteiger partial charge in [0.1, 0.15) is 6.10 Å². The van der Waals surface area contributed by atoms with Crippen molar-refractivity contribution in [3.63, 3.8) is 0 Å². The first-order chi connectivity index (χ1) is 6.68. The fraction of sp³-hybridized carbons (Fsp3) is 0.400. The molecule has 1 aliphatic rings. The molecule has 0 aliphatic carbocycles. The van der Waals surface area contributed by atoms with E-state index in [0.29, 0.717) is 11.6 Å². The maximum absolute atomic E-state index is 11.6. The number of hydrogen-bond acceptors (Lipinski definition) is 3. The summed E-state index contributed by atoms with van der Waals surface area (Å²) in [6.45, 7) is 3.72. The number of amides is 1. The van der Waals surface area contributed by atoms with Crippen LogP contribution in [0.25, 0.3) is 0 Å². The first kappa shape index (κ1) is 8.99. The zero-order chi connectivity index (χ0) is 10.1. The highest BCUT2D eigenvalue weighted by Gasteiger charge is 2.27. The zero-order valence-electron chi connectivity index (χ0n) is 8.15. The van der Waals surface area contributed by atoms with E-state index < -0.39 is 0 Å². The van der Waals surface area contributed by atoms with E-state index in [1.807, 2.05) is 13.8 Å². The highest BCUT2D eigenvalue weighted by molar-refractivity contribution is 5.93. The lowest BCUT2D eigenvalue weighted by Gasteiger charge is -2.15. The van der Waals surface area contributed by atoms with Crippen LogP contribution in [0.15, 0.2) is 18.3 Å². The van der Waals surface area contributed by atoms with Crippen LogP contribution >= 0.6 is 0 Å². The Hall–Kier alpha value is -1.58. The Morgan fingerprint density at radius 1 is 1.50 bits per heavy atom. The van der Waals surface area contributed by atoms with Gasteiger partial charge in [-0.2, -0.15) is 0 Å². The number of carbonyl (C=O) groups excluding carboxylic acids is 1. The molecule has 0 saturated carbocycles. The van der Waals surface area contributed by atoms with Crippen LogP contribution in [0.2, 0.25) is 0 Å². The molecule has 2 atom stereocenters. The minimum atomic E-state index is -0.163. The Morgan fingerprint density at radius 2 is 2.29 bits per heavy atom. The number of nitrogens with zero attached hydrogens (tertiary/aromatic N) is 1. The van der Waals surface area contributed by atoms with E-state index in [9.17, 15) is 4.79 Å². The predicted molar refractivity (Wildman–Crippen MR) is 52.1 cm³/mol. The van der Waals surface area contributed by atoms with Gasteiger partial charge in [0.25, 0.3) is 0 Å². The molecule has 0 aromatic carbocycles. The summed E-state index contributed by atoms with van der Waals surface area (Å²) in [7, 11) is 0. The van der Waals surface area contributed by atoms with E-state index in [1.54, 1.807) is 18.3 Å². The van der Waals surface area contributed by atoms with Crippen molar-refractivity contribution in [3.05, 3.63) is 18.3 Å². The average molecular weight is 192 g/mol. The first-order valence-corrected chi connectivity index (χ1v) is 4.61. The molecule has 2 rings (SSSR count). The number of aromatic nitrogens is 1. The smallest absolute Gasteiger partial charge is 0.232 e. The zero-order valence-corrected chi connectivity index (χ0v) is 8.15. The number of ether oxygens (including phenoxy) is 1. The van der Waals surface area contributed by atoms with Gasteiger partial charge in [0.2, 0.25) is 5.91 Å². The number of hydrogen-bond donors (Lipinski definition) is 1. The Balaban J connectivity index is 2.39. The van der Waals surface area contributed by atoms with Crippen LogP contribution in [-0.4, -0.2) is 17.0 Å². The van der Waals surface area contributed by atoms with E-state index >= 15 is 0 Å². The van der Waals surface area contributed by atoms with E-state index in [0.717, 1.165) is 0 Å². The Kier molecular flexibility index (Phi) is 2.11. The molecule has 0 saturated heterocycles. The predicted octanol–water partition coefficient (Wildman–Crippen LogP) is 1.44. The van der Waals surface area contributed by atoms with Gasteiger partial charge in [-0.3, -0.25) is 4.79 Å². The first-order valence-electron chi connectivity index (χ1n) is 4.61. The Labute approximate surface area is 82.3 Å². The molecular weight excluding hydrogens is 180 g/mol. The summed E-state index contributed by atoms with van der Waals surface area (Å²) in [5, 5.41) is 2.73. The van der Waals surface area contributed by atoms with Crippen LogP contribution in [0.4, 0.5) is 5.82 Å². The average Bonchev–Trinajstić information content (AvgIpc) is 2.28. The van der Waals surface area contributed by atoms with Crippen molar-refractivity contribution in [1.29, 1.82) is 0 Å². The standard InChI is InChI=1S/C10H12N2O2/c1-6-7(2)14-8-4-3-5-11-9(8)12-10(6)13/h3-7H,1-2H3,(H,11,12,13)/t6-,7+/m0/s1. The van der Waals surface area contributed by atoms with Gasteiger partial charge in [-0.1, -0.05) is 6.92 Å². The molecule has 4 nitrogen and oxygen atoms in total. The molecule has 0 radical (unpaired) electrons. The fourth-order valence-corrected chi connectivity index (χ4v) is 1.33. The molecule has 0 spiro atoms. The SMILES string of the molecule is C[C@@H]1C(=O)Nc2ncccc2O[C@@H]1C. The summed E-state index contributed by atoms with van der Waals surface area (Å²) in [5.41, 5.74) is 0.